The van der Waals surface area contributed by atoms with E-state index in [4.69, 9.17) is 16.7 Å². The SMILES string of the molecule is O=C1Nc2cc(Cl)c(-c3ccc(-c4ccc(-n5cncn5)cc4)cc3)cc2/C1=C/c1ccc(C(=O)O)cc1. The molecule has 4 aromatic carbocycles. The Balaban J connectivity index is 1.30. The number of rotatable bonds is 5. The predicted molar refractivity (Wildman–Crippen MR) is 147 cm³/mol. The highest BCUT2D eigenvalue weighted by Crippen LogP contribution is 2.40. The molecule has 0 saturated heterocycles. The molecule has 0 radical (unpaired) electrons. The molecule has 1 aliphatic rings. The van der Waals surface area contributed by atoms with E-state index in [0.717, 1.165) is 39.1 Å². The molecule has 0 saturated carbocycles. The summed E-state index contributed by atoms with van der Waals surface area (Å²) in [5.41, 5.74) is 7.56. The highest BCUT2D eigenvalue weighted by molar-refractivity contribution is 6.38. The number of halogens is 1. The minimum atomic E-state index is -0.998. The van der Waals surface area contributed by atoms with Gasteiger partial charge in [-0.3, -0.25) is 4.79 Å². The van der Waals surface area contributed by atoms with Crippen LogP contribution in [0.5, 0.6) is 0 Å². The normalized spacial score (nSPS) is 13.4. The van der Waals surface area contributed by atoms with Gasteiger partial charge in [0.2, 0.25) is 0 Å². The summed E-state index contributed by atoms with van der Waals surface area (Å²) in [5, 5.41) is 16.7. The third-order valence-corrected chi connectivity index (χ3v) is 6.75. The number of aromatic carboxylic acids is 1. The Morgan fingerprint density at radius 2 is 1.53 bits per heavy atom. The topological polar surface area (TPSA) is 97.1 Å². The van der Waals surface area contributed by atoms with Crippen LogP contribution in [0.25, 0.3) is 39.6 Å². The van der Waals surface area contributed by atoms with Crippen molar-refractivity contribution in [2.24, 2.45) is 0 Å². The highest BCUT2D eigenvalue weighted by atomic mass is 35.5. The number of fused-ring (bicyclic) bond motifs is 1. The molecule has 2 heterocycles. The number of carbonyl (C=O) groups is 2. The lowest BCUT2D eigenvalue weighted by atomic mass is 9.96. The number of anilines is 1. The van der Waals surface area contributed by atoms with Crippen LogP contribution in [0.1, 0.15) is 21.5 Å². The van der Waals surface area contributed by atoms with Gasteiger partial charge in [-0.15, -0.1) is 0 Å². The fraction of sp³-hybridized carbons (Fsp3) is 0. The molecular formula is C30H19ClN4O3. The van der Waals surface area contributed by atoms with Crippen molar-refractivity contribution in [2.45, 2.75) is 0 Å². The van der Waals surface area contributed by atoms with Crippen molar-refractivity contribution < 1.29 is 14.7 Å². The lowest BCUT2D eigenvalue weighted by Crippen LogP contribution is -2.03. The fourth-order valence-corrected chi connectivity index (χ4v) is 4.73. The first-order valence-corrected chi connectivity index (χ1v) is 12.1. The van der Waals surface area contributed by atoms with Crippen LogP contribution < -0.4 is 5.32 Å². The third kappa shape index (κ3) is 4.36. The number of benzene rings is 4. The Morgan fingerprint density at radius 3 is 2.16 bits per heavy atom. The van der Waals surface area contributed by atoms with Gasteiger partial charge in [0, 0.05) is 16.7 Å². The van der Waals surface area contributed by atoms with Crippen LogP contribution in [0, 0.1) is 0 Å². The molecule has 0 atom stereocenters. The van der Waals surface area contributed by atoms with Gasteiger partial charge in [-0.05, 0) is 64.7 Å². The van der Waals surface area contributed by atoms with E-state index in [1.807, 2.05) is 54.6 Å². The first-order chi connectivity index (χ1) is 18.5. The summed E-state index contributed by atoms with van der Waals surface area (Å²) in [7, 11) is 0. The zero-order valence-corrected chi connectivity index (χ0v) is 20.6. The Morgan fingerprint density at radius 1 is 0.868 bits per heavy atom. The van der Waals surface area contributed by atoms with Crippen LogP contribution in [0.3, 0.4) is 0 Å². The molecule has 6 rings (SSSR count). The molecule has 0 aliphatic carbocycles. The van der Waals surface area contributed by atoms with Crippen molar-refractivity contribution in [3.8, 4) is 27.9 Å². The Kier molecular flexibility index (Phi) is 5.82. The number of carbonyl (C=O) groups excluding carboxylic acids is 1. The summed E-state index contributed by atoms with van der Waals surface area (Å²) in [4.78, 5) is 27.9. The van der Waals surface area contributed by atoms with E-state index in [-0.39, 0.29) is 11.5 Å². The van der Waals surface area contributed by atoms with Gasteiger partial charge in [0.15, 0.2) is 0 Å². The summed E-state index contributed by atoms with van der Waals surface area (Å²) in [5.74, 6) is -1.23. The third-order valence-electron chi connectivity index (χ3n) is 6.44. The number of carboxylic acid groups (broad SMARTS) is 1. The van der Waals surface area contributed by atoms with Crippen LogP contribution in [-0.2, 0) is 4.79 Å². The molecule has 8 heteroatoms. The number of carboxylic acids is 1. The Bertz CT molecular complexity index is 1710. The lowest BCUT2D eigenvalue weighted by Gasteiger charge is -2.10. The second-order valence-corrected chi connectivity index (χ2v) is 9.19. The summed E-state index contributed by atoms with van der Waals surface area (Å²) in [6.07, 6.45) is 4.90. The first kappa shape index (κ1) is 23.4. The number of hydrogen-bond acceptors (Lipinski definition) is 4. The van der Waals surface area contributed by atoms with Crippen LogP contribution in [0.15, 0.2) is 97.6 Å². The van der Waals surface area contributed by atoms with Crippen LogP contribution in [-0.4, -0.2) is 31.7 Å². The number of hydrogen-bond donors (Lipinski definition) is 2. The lowest BCUT2D eigenvalue weighted by molar-refractivity contribution is -0.110. The highest BCUT2D eigenvalue weighted by Gasteiger charge is 2.26. The molecule has 1 aliphatic heterocycles. The molecule has 5 aromatic rings. The fourth-order valence-electron chi connectivity index (χ4n) is 4.45. The van der Waals surface area contributed by atoms with Gasteiger partial charge in [-0.25, -0.2) is 14.5 Å². The molecule has 7 nitrogen and oxygen atoms in total. The average molecular weight is 519 g/mol. The summed E-state index contributed by atoms with van der Waals surface area (Å²) < 4.78 is 1.70. The van der Waals surface area contributed by atoms with Gasteiger partial charge in [0.05, 0.1) is 22.0 Å². The largest absolute Gasteiger partial charge is 0.478 e. The van der Waals surface area contributed by atoms with E-state index in [2.05, 4.69) is 15.4 Å². The Hall–Kier alpha value is -5.01. The molecule has 0 fully saturated rings. The number of amides is 1. The van der Waals surface area contributed by atoms with Crippen molar-refractivity contribution in [2.75, 3.05) is 5.32 Å². The molecule has 184 valence electrons. The minimum absolute atomic E-state index is 0.187. The summed E-state index contributed by atoms with van der Waals surface area (Å²) >= 11 is 6.63. The maximum atomic E-state index is 12.7. The maximum Gasteiger partial charge on any atom is 0.335 e. The molecule has 38 heavy (non-hydrogen) atoms. The van der Waals surface area contributed by atoms with Crippen molar-refractivity contribution >= 4 is 40.8 Å². The average Bonchev–Trinajstić information content (AvgIpc) is 3.57. The van der Waals surface area contributed by atoms with E-state index in [9.17, 15) is 9.59 Å². The maximum absolute atomic E-state index is 12.7. The van der Waals surface area contributed by atoms with E-state index in [1.165, 1.54) is 18.5 Å². The van der Waals surface area contributed by atoms with Gasteiger partial charge in [-0.1, -0.05) is 60.1 Å². The summed E-state index contributed by atoms with van der Waals surface area (Å²) in [6.45, 7) is 0. The molecule has 0 unspecified atom stereocenters. The van der Waals surface area contributed by atoms with Crippen molar-refractivity contribution in [1.82, 2.24) is 14.8 Å². The second kappa shape index (κ2) is 9.46. The molecule has 2 N–H and O–H groups in total. The molecule has 0 bridgehead atoms. The minimum Gasteiger partial charge on any atom is -0.478 e. The number of aromatic nitrogens is 3. The molecule has 0 spiro atoms. The van der Waals surface area contributed by atoms with Gasteiger partial charge in [0.25, 0.3) is 5.91 Å². The second-order valence-electron chi connectivity index (χ2n) is 8.78. The van der Waals surface area contributed by atoms with Gasteiger partial charge in [0.1, 0.15) is 12.7 Å². The van der Waals surface area contributed by atoms with Gasteiger partial charge < -0.3 is 10.4 Å². The zero-order valence-electron chi connectivity index (χ0n) is 19.8. The monoisotopic (exact) mass is 518 g/mol. The summed E-state index contributed by atoms with van der Waals surface area (Å²) in [6, 6.07) is 26.2. The molecular weight excluding hydrogens is 500 g/mol. The quantitative estimate of drug-likeness (QED) is 0.261. The van der Waals surface area contributed by atoms with E-state index >= 15 is 0 Å². The molecule has 1 amide bonds. The van der Waals surface area contributed by atoms with Crippen molar-refractivity contribution in [3.05, 3.63) is 119 Å². The van der Waals surface area contributed by atoms with Crippen molar-refractivity contribution in [1.29, 1.82) is 0 Å². The van der Waals surface area contributed by atoms with E-state index in [0.29, 0.717) is 16.3 Å². The standard InChI is InChI=1S/C30H19ClN4O3/c31-27-15-28-25(26(29(36)34-28)13-18-1-3-22(4-2-18)30(37)38)14-24(27)21-7-5-19(6-8-21)20-9-11-23(12-10-20)35-17-32-16-33-35/h1-17H,(H,34,36)(H,37,38)/b26-13-. The molecule has 1 aromatic heterocycles. The van der Waals surface area contributed by atoms with E-state index < -0.39 is 5.97 Å². The van der Waals surface area contributed by atoms with Gasteiger partial charge in [-0.2, -0.15) is 5.10 Å². The zero-order chi connectivity index (χ0) is 26.2. The van der Waals surface area contributed by atoms with E-state index in [1.54, 1.807) is 35.3 Å². The van der Waals surface area contributed by atoms with Crippen LogP contribution in [0.4, 0.5) is 5.69 Å². The first-order valence-electron chi connectivity index (χ1n) is 11.7. The van der Waals surface area contributed by atoms with Crippen LogP contribution >= 0.6 is 11.6 Å². The number of nitrogens with zero attached hydrogens (tertiary/aromatic N) is 3. The Labute approximate surface area is 222 Å². The van der Waals surface area contributed by atoms with Gasteiger partial charge >= 0.3 is 5.97 Å². The predicted octanol–water partition coefficient (Wildman–Crippen LogP) is 6.45. The van der Waals surface area contributed by atoms with Crippen molar-refractivity contribution in [3.63, 3.8) is 0 Å². The smallest absolute Gasteiger partial charge is 0.335 e. The van der Waals surface area contributed by atoms with Crippen LogP contribution in [0.2, 0.25) is 5.02 Å². The number of nitrogens with one attached hydrogen (secondary N) is 1.